The van der Waals surface area contributed by atoms with Crippen LogP contribution in [-0.2, 0) is 17.0 Å². The monoisotopic (exact) mass is 370 g/mol. The van der Waals surface area contributed by atoms with E-state index in [1.807, 2.05) is 0 Å². The zero-order chi connectivity index (χ0) is 16.2. The van der Waals surface area contributed by atoms with E-state index in [1.165, 1.54) is 11.1 Å². The summed E-state index contributed by atoms with van der Waals surface area (Å²) in [6, 6.07) is 16.6. The van der Waals surface area contributed by atoms with Crippen molar-refractivity contribution in [2.75, 3.05) is 13.1 Å². The molecule has 0 amide bonds. The number of hydrogen-bond donors (Lipinski definition) is 0. The van der Waals surface area contributed by atoms with E-state index in [4.69, 9.17) is 18.6 Å². The number of aryl methyl sites for hydroxylation is 2. The molecule has 0 aromatic heterocycles. The number of halogens is 2. The number of hydrogen-bond acceptors (Lipinski definition) is 0. The summed E-state index contributed by atoms with van der Waals surface area (Å²) in [6.45, 7) is 5.84. The third-order valence-corrected chi connectivity index (χ3v) is 2.97. The summed E-state index contributed by atoms with van der Waals surface area (Å²) in [5.41, 5.74) is 4.66. The van der Waals surface area contributed by atoms with Gasteiger partial charge in [0.2, 0.25) is 0 Å². The summed E-state index contributed by atoms with van der Waals surface area (Å²) in [4.78, 5) is 0. The van der Waals surface area contributed by atoms with Crippen molar-refractivity contribution in [1.29, 1.82) is 0 Å². The molecule has 2 nitrogen and oxygen atoms in total. The van der Waals surface area contributed by atoms with Gasteiger partial charge in [0.05, 0.1) is 0 Å². The van der Waals surface area contributed by atoms with Crippen molar-refractivity contribution in [2.45, 2.75) is 20.3 Å². The topological polar surface area (TPSA) is 28.2 Å². The summed E-state index contributed by atoms with van der Waals surface area (Å²) in [5.74, 6) is 0. The van der Waals surface area contributed by atoms with E-state index in [0.717, 1.165) is 30.9 Å². The summed E-state index contributed by atoms with van der Waals surface area (Å²) in [6.07, 6.45) is 0.988. The Kier molecular flexibility index (Phi) is 10.4. The zero-order valence-electron chi connectivity index (χ0n) is 12.9. The van der Waals surface area contributed by atoms with Gasteiger partial charge >= 0.3 is 35.6 Å². The average molecular weight is 371 g/mol. The third kappa shape index (κ3) is 8.70. The third-order valence-electron chi connectivity index (χ3n) is 2.97. The fourth-order valence-corrected chi connectivity index (χ4v) is 1.79. The van der Waals surface area contributed by atoms with Gasteiger partial charge in [0, 0.05) is 0 Å². The molecule has 0 spiro atoms. The predicted molar refractivity (Wildman–Crippen MR) is 94.5 cm³/mol. The first-order valence-electron chi connectivity index (χ1n) is 7.10. The van der Waals surface area contributed by atoms with E-state index in [1.54, 1.807) is 0 Å². The fraction of sp³-hybridized carbons (Fsp3) is 0.294. The Balaban J connectivity index is 0.000000745. The Bertz CT molecular complexity index is 468. The van der Waals surface area contributed by atoms with Gasteiger partial charge in [-0.15, -0.1) is 24.5 Å². The standard InChI is InChI=1S/C17H20N2.2ClH.Ti/c1-14-4-8-16(9-5-14)18-12-3-13-19-17-10-6-15(2)7-11-17;;;/h4-11H,3,12-13H2,1-2H3;2*1H;/q-2;;;+2/p-2. The van der Waals surface area contributed by atoms with Crippen LogP contribution < -0.4 is 0 Å². The van der Waals surface area contributed by atoms with E-state index in [-0.39, 0.29) is 0 Å². The quantitative estimate of drug-likeness (QED) is 0.396. The minimum atomic E-state index is -0.556. The molecule has 0 saturated heterocycles. The second kappa shape index (κ2) is 11.8. The minimum absolute atomic E-state index is 0.556. The van der Waals surface area contributed by atoms with E-state index in [2.05, 4.69) is 73.0 Å². The van der Waals surface area contributed by atoms with Gasteiger partial charge in [-0.2, -0.15) is 0 Å². The molecule has 0 heterocycles. The molecule has 5 heteroatoms. The van der Waals surface area contributed by atoms with Crippen molar-refractivity contribution >= 4 is 30.0 Å². The molecule has 2 aromatic rings. The van der Waals surface area contributed by atoms with Gasteiger partial charge in [-0.25, -0.2) is 0 Å². The first-order valence-corrected chi connectivity index (χ1v) is 11.4. The van der Waals surface area contributed by atoms with Crippen LogP contribution in [0, 0.1) is 13.8 Å². The van der Waals surface area contributed by atoms with Gasteiger partial charge in [-0.3, -0.25) is 0 Å². The van der Waals surface area contributed by atoms with Gasteiger partial charge in [0.15, 0.2) is 0 Å². The maximum atomic E-state index is 4.89. The van der Waals surface area contributed by atoms with Crippen LogP contribution in [0.4, 0.5) is 11.4 Å². The van der Waals surface area contributed by atoms with Crippen molar-refractivity contribution in [3.63, 3.8) is 0 Å². The number of benzene rings is 2. The predicted octanol–water partition coefficient (Wildman–Crippen LogP) is 6.78. The maximum absolute atomic E-state index is 4.89. The summed E-state index contributed by atoms with van der Waals surface area (Å²) >= 11 is -0.556. The van der Waals surface area contributed by atoms with Crippen LogP contribution in [0.3, 0.4) is 0 Å². The first-order chi connectivity index (χ1) is 10.7. The van der Waals surface area contributed by atoms with Crippen molar-refractivity contribution in [1.82, 2.24) is 0 Å². The molecule has 0 aliphatic heterocycles. The van der Waals surface area contributed by atoms with Gasteiger partial charge in [0.1, 0.15) is 0 Å². The van der Waals surface area contributed by atoms with Crippen molar-refractivity contribution in [2.24, 2.45) is 0 Å². The zero-order valence-corrected chi connectivity index (χ0v) is 16.0. The Hall–Kier alpha value is -0.666. The Morgan fingerprint density at radius 3 is 1.36 bits per heavy atom. The average Bonchev–Trinajstić information content (AvgIpc) is 2.51. The van der Waals surface area contributed by atoms with E-state index < -0.39 is 17.0 Å². The number of rotatable bonds is 6. The second-order valence-electron chi connectivity index (χ2n) is 4.86. The van der Waals surface area contributed by atoms with E-state index in [0.29, 0.717) is 0 Å². The van der Waals surface area contributed by atoms with E-state index >= 15 is 0 Å². The van der Waals surface area contributed by atoms with Crippen LogP contribution in [0.25, 0.3) is 10.6 Å². The molecule has 0 saturated carbocycles. The molecule has 118 valence electrons. The van der Waals surface area contributed by atoms with Crippen LogP contribution in [0.5, 0.6) is 0 Å². The summed E-state index contributed by atoms with van der Waals surface area (Å²) in [5, 5.41) is 9.07. The molecule has 22 heavy (non-hydrogen) atoms. The normalized spacial score (nSPS) is 9.45. The van der Waals surface area contributed by atoms with E-state index in [9.17, 15) is 0 Å². The van der Waals surface area contributed by atoms with Crippen molar-refractivity contribution in [3.05, 3.63) is 70.3 Å². The second-order valence-corrected chi connectivity index (χ2v) is 7.44. The molecule has 0 aliphatic carbocycles. The molecule has 0 unspecified atom stereocenters. The van der Waals surface area contributed by atoms with Crippen molar-refractivity contribution in [3.8, 4) is 0 Å². The SMILES string of the molecule is Cc1ccc([N-]CCC[N-]c2ccc(C)cc2)cc1.[Cl][Ti][Cl]. The fourth-order valence-electron chi connectivity index (χ4n) is 1.79. The first kappa shape index (κ1) is 19.4. The van der Waals surface area contributed by atoms with Gasteiger partial charge in [-0.05, 0) is 13.8 Å². The van der Waals surface area contributed by atoms with Crippen LogP contribution in [0.1, 0.15) is 17.5 Å². The van der Waals surface area contributed by atoms with Gasteiger partial charge in [-0.1, -0.05) is 66.1 Å². The summed E-state index contributed by atoms with van der Waals surface area (Å²) in [7, 11) is 9.78. The number of nitrogens with zero attached hydrogens (tertiary/aromatic N) is 2. The van der Waals surface area contributed by atoms with Gasteiger partial charge in [0.25, 0.3) is 0 Å². The summed E-state index contributed by atoms with van der Waals surface area (Å²) < 4.78 is 0. The van der Waals surface area contributed by atoms with Crippen LogP contribution in [-0.4, -0.2) is 13.1 Å². The molecular formula is C17H20Cl2N2Ti-2. The molecule has 0 atom stereocenters. The Labute approximate surface area is 150 Å². The van der Waals surface area contributed by atoms with Crippen LogP contribution in [0.15, 0.2) is 48.5 Å². The van der Waals surface area contributed by atoms with Crippen molar-refractivity contribution < 1.29 is 17.0 Å². The molecule has 0 radical (unpaired) electrons. The molecule has 0 N–H and O–H groups in total. The molecule has 0 fully saturated rings. The Morgan fingerprint density at radius 2 is 1.05 bits per heavy atom. The Morgan fingerprint density at radius 1 is 0.727 bits per heavy atom. The molecule has 2 aromatic carbocycles. The molecule has 0 aliphatic rings. The molecule has 2 rings (SSSR count). The molecular weight excluding hydrogens is 351 g/mol. The van der Waals surface area contributed by atoms with Gasteiger partial charge < -0.3 is 10.6 Å². The molecule has 0 bridgehead atoms. The van der Waals surface area contributed by atoms with Crippen LogP contribution in [0.2, 0.25) is 0 Å². The van der Waals surface area contributed by atoms with Crippen LogP contribution >= 0.6 is 18.6 Å².